The normalized spacial score (nSPS) is 18.1. The predicted molar refractivity (Wildman–Crippen MR) is 85.7 cm³/mol. The molecule has 1 aromatic rings. The molecule has 3 heteroatoms. The molecule has 112 valence electrons. The van der Waals surface area contributed by atoms with E-state index in [2.05, 4.69) is 43.9 Å². The SMILES string of the molecule is CCC1CN(CCCCN)c2cc(C(C)C)ccc2O1. The van der Waals surface area contributed by atoms with Crippen molar-refractivity contribution in [2.45, 2.75) is 52.1 Å². The van der Waals surface area contributed by atoms with E-state index in [1.807, 2.05) is 0 Å². The lowest BCUT2D eigenvalue weighted by Gasteiger charge is -2.36. The lowest BCUT2D eigenvalue weighted by Crippen LogP contribution is -2.40. The molecule has 2 N–H and O–H groups in total. The molecular formula is C17H28N2O. The van der Waals surface area contributed by atoms with E-state index in [0.29, 0.717) is 12.0 Å². The molecule has 0 aromatic heterocycles. The predicted octanol–water partition coefficient (Wildman–Crippen LogP) is 3.53. The molecule has 0 bridgehead atoms. The Hall–Kier alpha value is -1.22. The van der Waals surface area contributed by atoms with Crippen LogP contribution in [-0.4, -0.2) is 25.7 Å². The number of nitrogens with two attached hydrogens (primary N) is 1. The van der Waals surface area contributed by atoms with Crippen LogP contribution in [0.2, 0.25) is 0 Å². The summed E-state index contributed by atoms with van der Waals surface area (Å²) in [6.07, 6.45) is 3.61. The van der Waals surface area contributed by atoms with Gasteiger partial charge in [0.1, 0.15) is 11.9 Å². The van der Waals surface area contributed by atoms with Gasteiger partial charge in [0.2, 0.25) is 0 Å². The number of nitrogens with zero attached hydrogens (tertiary/aromatic N) is 1. The Morgan fingerprint density at radius 2 is 2.15 bits per heavy atom. The highest BCUT2D eigenvalue weighted by Gasteiger charge is 2.24. The molecule has 0 fully saturated rings. The number of anilines is 1. The van der Waals surface area contributed by atoms with Crippen LogP contribution in [0, 0.1) is 0 Å². The largest absolute Gasteiger partial charge is 0.486 e. The molecule has 1 heterocycles. The summed E-state index contributed by atoms with van der Waals surface area (Å²) in [7, 11) is 0. The van der Waals surface area contributed by atoms with E-state index in [9.17, 15) is 0 Å². The fourth-order valence-corrected chi connectivity index (χ4v) is 2.67. The number of ether oxygens (including phenoxy) is 1. The van der Waals surface area contributed by atoms with Gasteiger partial charge in [-0.05, 0) is 49.4 Å². The zero-order valence-corrected chi connectivity index (χ0v) is 13.1. The van der Waals surface area contributed by atoms with E-state index in [1.54, 1.807) is 0 Å². The zero-order valence-electron chi connectivity index (χ0n) is 13.1. The van der Waals surface area contributed by atoms with E-state index >= 15 is 0 Å². The number of hydrogen-bond acceptors (Lipinski definition) is 3. The van der Waals surface area contributed by atoms with Gasteiger partial charge in [-0.1, -0.05) is 26.8 Å². The van der Waals surface area contributed by atoms with E-state index in [4.69, 9.17) is 10.5 Å². The van der Waals surface area contributed by atoms with Crippen LogP contribution in [0.25, 0.3) is 0 Å². The average Bonchev–Trinajstić information content (AvgIpc) is 2.46. The third-order valence-corrected chi connectivity index (χ3v) is 4.05. The minimum atomic E-state index is 0.310. The first-order chi connectivity index (χ1) is 9.65. The molecule has 0 radical (unpaired) electrons. The summed E-state index contributed by atoms with van der Waals surface area (Å²) in [5, 5.41) is 0. The quantitative estimate of drug-likeness (QED) is 0.808. The Bertz CT molecular complexity index is 431. The van der Waals surface area contributed by atoms with Crippen LogP contribution < -0.4 is 15.4 Å². The Kier molecular flexibility index (Phi) is 5.30. The molecule has 0 aliphatic carbocycles. The van der Waals surface area contributed by atoms with Gasteiger partial charge in [0, 0.05) is 6.54 Å². The summed E-state index contributed by atoms with van der Waals surface area (Å²) in [5.41, 5.74) is 8.26. The maximum atomic E-state index is 6.09. The Balaban J connectivity index is 2.21. The van der Waals surface area contributed by atoms with Crippen LogP contribution in [0.5, 0.6) is 5.75 Å². The van der Waals surface area contributed by atoms with E-state index in [1.165, 1.54) is 11.3 Å². The minimum Gasteiger partial charge on any atom is -0.486 e. The van der Waals surface area contributed by atoms with Crippen molar-refractivity contribution in [3.63, 3.8) is 0 Å². The Morgan fingerprint density at radius 3 is 2.80 bits per heavy atom. The van der Waals surface area contributed by atoms with Crippen molar-refractivity contribution >= 4 is 5.69 Å². The molecule has 1 unspecified atom stereocenters. The van der Waals surface area contributed by atoms with Crippen LogP contribution in [0.3, 0.4) is 0 Å². The second-order valence-electron chi connectivity index (χ2n) is 5.97. The maximum absolute atomic E-state index is 6.09. The van der Waals surface area contributed by atoms with Crippen LogP contribution >= 0.6 is 0 Å². The molecule has 2 rings (SSSR count). The molecule has 0 spiro atoms. The summed E-state index contributed by atoms with van der Waals surface area (Å²) in [5.74, 6) is 1.59. The molecule has 0 saturated carbocycles. The number of hydrogen-bond donors (Lipinski definition) is 1. The Labute approximate surface area is 123 Å². The van der Waals surface area contributed by atoms with Gasteiger partial charge >= 0.3 is 0 Å². The Morgan fingerprint density at radius 1 is 1.35 bits per heavy atom. The summed E-state index contributed by atoms with van der Waals surface area (Å²) in [6, 6.07) is 6.64. The molecule has 0 amide bonds. The first-order valence-electron chi connectivity index (χ1n) is 7.91. The monoisotopic (exact) mass is 276 g/mol. The van der Waals surface area contributed by atoms with Gasteiger partial charge in [-0.15, -0.1) is 0 Å². The van der Waals surface area contributed by atoms with E-state index < -0.39 is 0 Å². The smallest absolute Gasteiger partial charge is 0.143 e. The van der Waals surface area contributed by atoms with Crippen LogP contribution in [0.15, 0.2) is 18.2 Å². The first-order valence-corrected chi connectivity index (χ1v) is 7.91. The van der Waals surface area contributed by atoms with E-state index in [-0.39, 0.29) is 0 Å². The molecular weight excluding hydrogens is 248 g/mol. The summed E-state index contributed by atoms with van der Waals surface area (Å²) >= 11 is 0. The third kappa shape index (κ3) is 3.45. The van der Waals surface area contributed by atoms with Crippen molar-refractivity contribution in [2.24, 2.45) is 5.73 Å². The second-order valence-corrected chi connectivity index (χ2v) is 5.97. The minimum absolute atomic E-state index is 0.310. The molecule has 20 heavy (non-hydrogen) atoms. The van der Waals surface area contributed by atoms with Gasteiger partial charge in [0.25, 0.3) is 0 Å². The van der Waals surface area contributed by atoms with Crippen molar-refractivity contribution in [1.29, 1.82) is 0 Å². The van der Waals surface area contributed by atoms with Crippen molar-refractivity contribution in [3.8, 4) is 5.75 Å². The van der Waals surface area contributed by atoms with Gasteiger partial charge in [0.15, 0.2) is 0 Å². The molecule has 0 saturated heterocycles. The summed E-state index contributed by atoms with van der Waals surface area (Å²) in [6.45, 7) is 9.51. The van der Waals surface area contributed by atoms with Gasteiger partial charge in [0.05, 0.1) is 12.2 Å². The first kappa shape index (κ1) is 15.2. The van der Waals surface area contributed by atoms with E-state index in [0.717, 1.165) is 44.6 Å². The van der Waals surface area contributed by atoms with Gasteiger partial charge in [-0.2, -0.15) is 0 Å². The average molecular weight is 276 g/mol. The zero-order chi connectivity index (χ0) is 14.5. The molecule has 1 atom stereocenters. The second kappa shape index (κ2) is 6.98. The molecule has 1 aromatic carbocycles. The maximum Gasteiger partial charge on any atom is 0.143 e. The van der Waals surface area contributed by atoms with Crippen molar-refractivity contribution < 1.29 is 4.74 Å². The summed E-state index contributed by atoms with van der Waals surface area (Å²) < 4.78 is 6.09. The number of unbranched alkanes of at least 4 members (excludes halogenated alkanes) is 1. The van der Waals surface area contributed by atoms with Gasteiger partial charge < -0.3 is 15.4 Å². The highest BCUT2D eigenvalue weighted by Crippen LogP contribution is 2.36. The molecule has 1 aliphatic heterocycles. The van der Waals surface area contributed by atoms with Gasteiger partial charge in [-0.25, -0.2) is 0 Å². The third-order valence-electron chi connectivity index (χ3n) is 4.05. The van der Waals surface area contributed by atoms with Crippen LogP contribution in [-0.2, 0) is 0 Å². The molecule has 1 aliphatic rings. The fourth-order valence-electron chi connectivity index (χ4n) is 2.67. The highest BCUT2D eigenvalue weighted by molar-refractivity contribution is 5.62. The van der Waals surface area contributed by atoms with Crippen molar-refractivity contribution in [2.75, 3.05) is 24.5 Å². The van der Waals surface area contributed by atoms with Crippen molar-refractivity contribution in [1.82, 2.24) is 0 Å². The number of rotatable bonds is 6. The van der Waals surface area contributed by atoms with Gasteiger partial charge in [-0.3, -0.25) is 0 Å². The standard InChI is InChI=1S/C17H28N2O/c1-4-15-12-19(10-6-5-9-18)16-11-14(13(2)3)7-8-17(16)20-15/h7-8,11,13,15H,4-6,9-10,12,18H2,1-3H3. The summed E-state index contributed by atoms with van der Waals surface area (Å²) in [4.78, 5) is 2.48. The topological polar surface area (TPSA) is 38.5 Å². The van der Waals surface area contributed by atoms with Crippen LogP contribution in [0.1, 0.15) is 51.5 Å². The lowest BCUT2D eigenvalue weighted by molar-refractivity contribution is 0.189. The van der Waals surface area contributed by atoms with Crippen molar-refractivity contribution in [3.05, 3.63) is 23.8 Å². The lowest BCUT2D eigenvalue weighted by atomic mass is 10.0. The fraction of sp³-hybridized carbons (Fsp3) is 0.647. The molecule has 3 nitrogen and oxygen atoms in total. The number of fused-ring (bicyclic) bond motifs is 1. The van der Waals surface area contributed by atoms with Crippen LogP contribution in [0.4, 0.5) is 5.69 Å². The highest BCUT2D eigenvalue weighted by atomic mass is 16.5. The number of benzene rings is 1.